The zero-order chi connectivity index (χ0) is 18.4. The lowest BCUT2D eigenvalue weighted by molar-refractivity contribution is -0.138. The molecule has 0 spiro atoms. The van der Waals surface area contributed by atoms with Crippen LogP contribution < -0.4 is 5.32 Å². The van der Waals surface area contributed by atoms with Gasteiger partial charge in [-0.05, 0) is 24.8 Å². The smallest absolute Gasteiger partial charge is 0.312 e. The Labute approximate surface area is 148 Å². The molecular weight excluding hydrogens is 344 g/mol. The molecule has 2 N–H and O–H groups in total. The largest absolute Gasteiger partial charge is 0.481 e. The summed E-state index contributed by atoms with van der Waals surface area (Å²) in [4.78, 5) is 23.9. The fourth-order valence-corrected chi connectivity index (χ4v) is 4.81. The van der Waals surface area contributed by atoms with Crippen LogP contribution in [0.1, 0.15) is 37.7 Å². The van der Waals surface area contributed by atoms with Gasteiger partial charge in [0.15, 0.2) is 0 Å². The molecule has 0 aromatic heterocycles. The Bertz CT molecular complexity index is 705. The zero-order valence-electron chi connectivity index (χ0n) is 14.2. The van der Waals surface area contributed by atoms with Crippen molar-refractivity contribution in [2.45, 2.75) is 38.1 Å². The summed E-state index contributed by atoms with van der Waals surface area (Å²) in [5.74, 6) is -2.32. The second-order valence-electron chi connectivity index (χ2n) is 6.13. The number of carbonyl (C=O) groups excluding carboxylic acids is 1. The number of carbonyl (C=O) groups is 2. The minimum atomic E-state index is -3.46. The Balaban J connectivity index is 2.04. The highest BCUT2D eigenvalue weighted by Crippen LogP contribution is 2.22. The summed E-state index contributed by atoms with van der Waals surface area (Å²) in [6, 6.07) is 7.90. The molecule has 25 heavy (non-hydrogen) atoms. The maximum atomic E-state index is 12.5. The van der Waals surface area contributed by atoms with Crippen LogP contribution in [-0.4, -0.2) is 54.6 Å². The minimum absolute atomic E-state index is 0.0124. The van der Waals surface area contributed by atoms with E-state index < -0.39 is 33.9 Å². The predicted molar refractivity (Wildman–Crippen MR) is 93.6 cm³/mol. The van der Waals surface area contributed by atoms with Crippen LogP contribution in [0.2, 0.25) is 0 Å². The monoisotopic (exact) mass is 368 g/mol. The number of carboxylic acid groups (broad SMARTS) is 1. The van der Waals surface area contributed by atoms with Gasteiger partial charge in [-0.1, -0.05) is 37.3 Å². The number of aliphatic carboxylic acids is 1. The topological polar surface area (TPSA) is 104 Å². The molecule has 0 saturated carbocycles. The third-order valence-corrected chi connectivity index (χ3v) is 6.38. The normalized spacial score (nSPS) is 19.5. The predicted octanol–water partition coefficient (Wildman–Crippen LogP) is 1.18. The van der Waals surface area contributed by atoms with Crippen LogP contribution in [0.5, 0.6) is 0 Å². The molecule has 1 saturated heterocycles. The Kier molecular flexibility index (Phi) is 6.55. The molecule has 0 radical (unpaired) electrons. The molecule has 138 valence electrons. The van der Waals surface area contributed by atoms with Gasteiger partial charge in [0, 0.05) is 13.1 Å². The molecule has 1 aromatic rings. The van der Waals surface area contributed by atoms with E-state index in [1.807, 2.05) is 0 Å². The molecular formula is C17H24N2O5S. The highest BCUT2D eigenvalue weighted by atomic mass is 32.2. The van der Waals surface area contributed by atoms with Crippen LogP contribution in [0, 0.1) is 0 Å². The summed E-state index contributed by atoms with van der Waals surface area (Å²) in [5, 5.41) is 12.0. The molecule has 1 heterocycles. The number of amides is 1. The Morgan fingerprint density at radius 3 is 2.60 bits per heavy atom. The zero-order valence-corrected chi connectivity index (χ0v) is 15.0. The number of nitrogens with zero attached hydrogens (tertiary/aromatic N) is 1. The molecule has 1 aromatic carbocycles. The van der Waals surface area contributed by atoms with Crippen molar-refractivity contribution < 1.29 is 23.1 Å². The third-order valence-electron chi connectivity index (χ3n) is 4.31. The first-order valence-electron chi connectivity index (χ1n) is 8.41. The van der Waals surface area contributed by atoms with Crippen molar-refractivity contribution in [2.75, 3.05) is 18.8 Å². The molecule has 1 amide bonds. The van der Waals surface area contributed by atoms with Gasteiger partial charge in [0.05, 0.1) is 11.7 Å². The van der Waals surface area contributed by atoms with Crippen molar-refractivity contribution >= 4 is 21.9 Å². The molecule has 1 aliphatic rings. The van der Waals surface area contributed by atoms with Crippen molar-refractivity contribution in [2.24, 2.45) is 0 Å². The van der Waals surface area contributed by atoms with E-state index >= 15 is 0 Å². The molecule has 7 nitrogen and oxygen atoms in total. The average Bonchev–Trinajstić information content (AvgIpc) is 3.06. The molecule has 1 fully saturated rings. The second-order valence-corrected chi connectivity index (χ2v) is 8.17. The van der Waals surface area contributed by atoms with Crippen molar-refractivity contribution in [1.29, 1.82) is 0 Å². The van der Waals surface area contributed by atoms with E-state index in [4.69, 9.17) is 0 Å². The third kappa shape index (κ3) is 4.79. The van der Waals surface area contributed by atoms with Crippen LogP contribution >= 0.6 is 0 Å². The number of hydrogen-bond donors (Lipinski definition) is 2. The quantitative estimate of drug-likeness (QED) is 0.717. The van der Waals surface area contributed by atoms with Crippen molar-refractivity contribution in [3.05, 3.63) is 35.9 Å². The highest BCUT2D eigenvalue weighted by molar-refractivity contribution is 7.89. The first kappa shape index (κ1) is 19.4. The van der Waals surface area contributed by atoms with Gasteiger partial charge in [-0.25, -0.2) is 8.42 Å². The van der Waals surface area contributed by atoms with Crippen LogP contribution in [0.15, 0.2) is 30.3 Å². The fourth-order valence-electron chi connectivity index (χ4n) is 3.06. The van der Waals surface area contributed by atoms with E-state index in [2.05, 4.69) is 5.32 Å². The van der Waals surface area contributed by atoms with Gasteiger partial charge in [-0.2, -0.15) is 4.31 Å². The highest BCUT2D eigenvalue weighted by Gasteiger charge is 2.38. The van der Waals surface area contributed by atoms with Gasteiger partial charge < -0.3 is 10.4 Å². The van der Waals surface area contributed by atoms with Gasteiger partial charge in [-0.15, -0.1) is 0 Å². The van der Waals surface area contributed by atoms with Crippen molar-refractivity contribution in [3.63, 3.8) is 0 Å². The Morgan fingerprint density at radius 2 is 2.00 bits per heavy atom. The standard InChI is InChI=1S/C17H24N2O5S/c1-2-11-25(23,24)19-10-6-9-15(19)16(20)18-12-14(17(21)22)13-7-4-3-5-8-13/h3-5,7-8,14-15H,2,6,9-12H2,1H3,(H,18,20)(H,21,22). The summed E-state index contributed by atoms with van der Waals surface area (Å²) in [6.45, 7) is 2.04. The summed E-state index contributed by atoms with van der Waals surface area (Å²) in [6.07, 6.45) is 1.57. The van der Waals surface area contributed by atoms with E-state index in [1.165, 1.54) is 4.31 Å². The second kappa shape index (κ2) is 8.44. The molecule has 0 bridgehead atoms. The number of benzene rings is 1. The number of hydrogen-bond acceptors (Lipinski definition) is 4. The lowest BCUT2D eigenvalue weighted by atomic mass is 9.99. The minimum Gasteiger partial charge on any atom is -0.481 e. The first-order chi connectivity index (χ1) is 11.9. The molecule has 2 rings (SSSR count). The van der Waals surface area contributed by atoms with Crippen molar-refractivity contribution in [3.8, 4) is 0 Å². The number of rotatable bonds is 8. The molecule has 0 aliphatic carbocycles. The first-order valence-corrected chi connectivity index (χ1v) is 10.0. The number of nitrogens with one attached hydrogen (secondary N) is 1. The average molecular weight is 368 g/mol. The fraction of sp³-hybridized carbons (Fsp3) is 0.529. The van der Waals surface area contributed by atoms with Gasteiger partial charge in [-0.3, -0.25) is 9.59 Å². The summed E-state index contributed by atoms with van der Waals surface area (Å²) in [5.41, 5.74) is 0.595. The van der Waals surface area contributed by atoms with E-state index in [0.29, 0.717) is 31.4 Å². The van der Waals surface area contributed by atoms with Gasteiger partial charge >= 0.3 is 5.97 Å². The molecule has 2 unspecified atom stereocenters. The number of carboxylic acids is 1. The molecule has 8 heteroatoms. The van der Waals surface area contributed by atoms with Crippen LogP contribution in [0.3, 0.4) is 0 Å². The van der Waals surface area contributed by atoms with Gasteiger partial charge in [0.1, 0.15) is 6.04 Å². The van der Waals surface area contributed by atoms with Gasteiger partial charge in [0.2, 0.25) is 15.9 Å². The van der Waals surface area contributed by atoms with E-state index in [-0.39, 0.29) is 12.3 Å². The van der Waals surface area contributed by atoms with E-state index in [1.54, 1.807) is 37.3 Å². The van der Waals surface area contributed by atoms with Crippen LogP contribution in [0.25, 0.3) is 0 Å². The van der Waals surface area contributed by atoms with Crippen LogP contribution in [-0.2, 0) is 19.6 Å². The van der Waals surface area contributed by atoms with E-state index in [9.17, 15) is 23.1 Å². The SMILES string of the molecule is CCCS(=O)(=O)N1CCCC1C(=O)NCC(C(=O)O)c1ccccc1. The van der Waals surface area contributed by atoms with E-state index in [0.717, 1.165) is 0 Å². The summed E-state index contributed by atoms with van der Waals surface area (Å²) in [7, 11) is -3.46. The molecule has 2 atom stereocenters. The van der Waals surface area contributed by atoms with Crippen molar-refractivity contribution in [1.82, 2.24) is 9.62 Å². The maximum absolute atomic E-state index is 12.5. The summed E-state index contributed by atoms with van der Waals surface area (Å²) >= 11 is 0. The lowest BCUT2D eigenvalue weighted by Crippen LogP contribution is -2.47. The maximum Gasteiger partial charge on any atom is 0.312 e. The lowest BCUT2D eigenvalue weighted by Gasteiger charge is -2.24. The van der Waals surface area contributed by atoms with Gasteiger partial charge in [0.25, 0.3) is 0 Å². The Morgan fingerprint density at radius 1 is 1.32 bits per heavy atom. The van der Waals surface area contributed by atoms with Crippen LogP contribution in [0.4, 0.5) is 0 Å². The molecule has 1 aliphatic heterocycles. The summed E-state index contributed by atoms with van der Waals surface area (Å²) < 4.78 is 25.8. The Hall–Kier alpha value is -1.93. The number of sulfonamides is 1.